The molecule has 0 aliphatic carbocycles. The SMILES string of the molecule is c1cnc2nc(-c3ccc4c(c3)OCO4)[nH]c2c1. The van der Waals surface area contributed by atoms with Gasteiger partial charge in [0, 0.05) is 11.8 Å². The Labute approximate surface area is 102 Å². The van der Waals surface area contributed by atoms with Crippen LogP contribution in [0, 0.1) is 0 Å². The molecule has 0 spiro atoms. The van der Waals surface area contributed by atoms with Crippen LogP contribution in [0.25, 0.3) is 22.6 Å². The second kappa shape index (κ2) is 3.46. The van der Waals surface area contributed by atoms with Gasteiger partial charge in [-0.3, -0.25) is 0 Å². The van der Waals surface area contributed by atoms with Crippen LogP contribution in [-0.2, 0) is 0 Å². The third-order valence-electron chi connectivity index (χ3n) is 2.90. The topological polar surface area (TPSA) is 60.0 Å². The van der Waals surface area contributed by atoms with Gasteiger partial charge in [0.2, 0.25) is 6.79 Å². The van der Waals surface area contributed by atoms with Crippen molar-refractivity contribution in [1.29, 1.82) is 0 Å². The number of ether oxygens (including phenoxy) is 2. The van der Waals surface area contributed by atoms with Crippen LogP contribution in [-0.4, -0.2) is 21.7 Å². The molecule has 5 nitrogen and oxygen atoms in total. The second-order valence-electron chi connectivity index (χ2n) is 4.03. The first-order chi connectivity index (χ1) is 8.90. The van der Waals surface area contributed by atoms with Gasteiger partial charge in [-0.2, -0.15) is 0 Å². The van der Waals surface area contributed by atoms with Gasteiger partial charge in [-0.25, -0.2) is 9.97 Å². The zero-order chi connectivity index (χ0) is 11.9. The number of hydrogen-bond donors (Lipinski definition) is 1. The Morgan fingerprint density at radius 1 is 1.11 bits per heavy atom. The highest BCUT2D eigenvalue weighted by atomic mass is 16.7. The van der Waals surface area contributed by atoms with Crippen molar-refractivity contribution in [2.24, 2.45) is 0 Å². The Hall–Kier alpha value is -2.56. The highest BCUT2D eigenvalue weighted by molar-refractivity contribution is 5.76. The van der Waals surface area contributed by atoms with Gasteiger partial charge in [0.15, 0.2) is 17.1 Å². The van der Waals surface area contributed by atoms with Crippen LogP contribution in [0.5, 0.6) is 11.5 Å². The summed E-state index contributed by atoms with van der Waals surface area (Å²) in [5.41, 5.74) is 2.59. The van der Waals surface area contributed by atoms with E-state index >= 15 is 0 Å². The Morgan fingerprint density at radius 2 is 2.06 bits per heavy atom. The Balaban J connectivity index is 1.86. The van der Waals surface area contributed by atoms with Gasteiger partial charge in [0.25, 0.3) is 0 Å². The quantitative estimate of drug-likeness (QED) is 0.708. The zero-order valence-corrected chi connectivity index (χ0v) is 9.38. The van der Waals surface area contributed by atoms with Crippen LogP contribution in [0.4, 0.5) is 0 Å². The Kier molecular flexibility index (Phi) is 1.82. The van der Waals surface area contributed by atoms with E-state index in [1.165, 1.54) is 0 Å². The van der Waals surface area contributed by atoms with E-state index in [0.717, 1.165) is 28.4 Å². The van der Waals surface area contributed by atoms with Crippen molar-refractivity contribution >= 4 is 11.2 Å². The summed E-state index contributed by atoms with van der Waals surface area (Å²) in [6, 6.07) is 9.58. The smallest absolute Gasteiger partial charge is 0.231 e. The number of nitrogens with zero attached hydrogens (tertiary/aromatic N) is 2. The molecular formula is C13H9N3O2. The van der Waals surface area contributed by atoms with E-state index in [1.807, 2.05) is 30.3 Å². The number of pyridine rings is 1. The molecule has 18 heavy (non-hydrogen) atoms. The summed E-state index contributed by atoms with van der Waals surface area (Å²) in [6.45, 7) is 0.278. The van der Waals surface area contributed by atoms with Crippen LogP contribution in [0.2, 0.25) is 0 Å². The summed E-state index contributed by atoms with van der Waals surface area (Å²) in [4.78, 5) is 11.9. The van der Waals surface area contributed by atoms with E-state index in [4.69, 9.17) is 9.47 Å². The molecule has 3 aromatic rings. The maximum atomic E-state index is 5.36. The highest BCUT2D eigenvalue weighted by Crippen LogP contribution is 2.35. The summed E-state index contributed by atoms with van der Waals surface area (Å²) in [6.07, 6.45) is 1.73. The largest absolute Gasteiger partial charge is 0.454 e. The number of nitrogens with one attached hydrogen (secondary N) is 1. The maximum Gasteiger partial charge on any atom is 0.231 e. The zero-order valence-electron chi connectivity index (χ0n) is 9.38. The summed E-state index contributed by atoms with van der Waals surface area (Å²) < 4.78 is 10.6. The molecule has 0 saturated heterocycles. The van der Waals surface area contributed by atoms with Crippen molar-refractivity contribution < 1.29 is 9.47 Å². The molecule has 2 aromatic heterocycles. The number of aromatic amines is 1. The van der Waals surface area contributed by atoms with Crippen molar-refractivity contribution in [3.05, 3.63) is 36.5 Å². The molecule has 0 atom stereocenters. The Bertz CT molecular complexity index is 703. The monoisotopic (exact) mass is 239 g/mol. The van der Waals surface area contributed by atoms with Gasteiger partial charge >= 0.3 is 0 Å². The number of benzene rings is 1. The molecule has 1 aliphatic rings. The van der Waals surface area contributed by atoms with Crippen molar-refractivity contribution in [3.8, 4) is 22.9 Å². The summed E-state index contributed by atoms with van der Waals surface area (Å²) in [5.74, 6) is 2.30. The van der Waals surface area contributed by atoms with Gasteiger partial charge in [0.05, 0.1) is 5.52 Å². The second-order valence-corrected chi connectivity index (χ2v) is 4.03. The molecule has 3 heterocycles. The average Bonchev–Trinajstić information content (AvgIpc) is 3.04. The minimum absolute atomic E-state index is 0.278. The minimum Gasteiger partial charge on any atom is -0.454 e. The van der Waals surface area contributed by atoms with E-state index in [2.05, 4.69) is 15.0 Å². The van der Waals surface area contributed by atoms with Gasteiger partial charge in [-0.1, -0.05) is 0 Å². The number of hydrogen-bond acceptors (Lipinski definition) is 4. The van der Waals surface area contributed by atoms with Crippen LogP contribution < -0.4 is 9.47 Å². The number of rotatable bonds is 1. The number of imidazole rings is 1. The van der Waals surface area contributed by atoms with Crippen LogP contribution in [0.15, 0.2) is 36.5 Å². The average molecular weight is 239 g/mol. The van der Waals surface area contributed by atoms with Crippen molar-refractivity contribution in [1.82, 2.24) is 15.0 Å². The molecule has 0 unspecified atom stereocenters. The van der Waals surface area contributed by atoms with E-state index in [-0.39, 0.29) is 6.79 Å². The Morgan fingerprint density at radius 3 is 3.00 bits per heavy atom. The summed E-state index contributed by atoms with van der Waals surface area (Å²) in [7, 11) is 0. The van der Waals surface area contributed by atoms with Gasteiger partial charge in [-0.15, -0.1) is 0 Å². The molecule has 1 aliphatic heterocycles. The fourth-order valence-electron chi connectivity index (χ4n) is 2.03. The van der Waals surface area contributed by atoms with Crippen LogP contribution >= 0.6 is 0 Å². The molecule has 0 saturated carbocycles. The molecule has 0 amide bonds. The molecule has 1 aromatic carbocycles. The minimum atomic E-state index is 0.278. The number of aromatic nitrogens is 3. The molecule has 88 valence electrons. The van der Waals surface area contributed by atoms with E-state index < -0.39 is 0 Å². The molecule has 1 N–H and O–H groups in total. The standard InChI is InChI=1S/C13H9N3O2/c1-2-9-13(14-5-1)16-12(15-9)8-3-4-10-11(6-8)18-7-17-10/h1-6H,7H2,(H,14,15,16). The predicted octanol–water partition coefficient (Wildman–Crippen LogP) is 2.35. The fraction of sp³-hybridized carbons (Fsp3) is 0.0769. The van der Waals surface area contributed by atoms with E-state index in [0.29, 0.717) is 5.65 Å². The van der Waals surface area contributed by atoms with Gasteiger partial charge in [-0.05, 0) is 30.3 Å². The van der Waals surface area contributed by atoms with Gasteiger partial charge in [0.1, 0.15) is 5.82 Å². The first-order valence-corrected chi connectivity index (χ1v) is 5.61. The van der Waals surface area contributed by atoms with E-state index in [9.17, 15) is 0 Å². The molecule has 0 radical (unpaired) electrons. The van der Waals surface area contributed by atoms with Crippen molar-refractivity contribution in [2.45, 2.75) is 0 Å². The fourth-order valence-corrected chi connectivity index (χ4v) is 2.03. The van der Waals surface area contributed by atoms with Crippen LogP contribution in [0.3, 0.4) is 0 Å². The van der Waals surface area contributed by atoms with Gasteiger partial charge < -0.3 is 14.5 Å². The molecule has 0 bridgehead atoms. The lowest BCUT2D eigenvalue weighted by Crippen LogP contribution is -1.92. The van der Waals surface area contributed by atoms with Crippen molar-refractivity contribution in [3.63, 3.8) is 0 Å². The summed E-state index contributed by atoms with van der Waals surface area (Å²) >= 11 is 0. The predicted molar refractivity (Wildman–Crippen MR) is 65.4 cm³/mol. The first kappa shape index (κ1) is 9.47. The lowest BCUT2D eigenvalue weighted by molar-refractivity contribution is 0.174. The van der Waals surface area contributed by atoms with E-state index in [1.54, 1.807) is 6.20 Å². The normalized spacial score (nSPS) is 13.1. The molecule has 0 fully saturated rings. The van der Waals surface area contributed by atoms with Crippen LogP contribution in [0.1, 0.15) is 0 Å². The van der Waals surface area contributed by atoms with Crippen molar-refractivity contribution in [2.75, 3.05) is 6.79 Å². The lowest BCUT2D eigenvalue weighted by Gasteiger charge is -1.99. The summed E-state index contributed by atoms with van der Waals surface area (Å²) in [5, 5.41) is 0. The molecule has 5 heteroatoms. The lowest BCUT2D eigenvalue weighted by atomic mass is 10.2. The third kappa shape index (κ3) is 1.34. The third-order valence-corrected chi connectivity index (χ3v) is 2.90. The number of fused-ring (bicyclic) bond motifs is 2. The molecular weight excluding hydrogens is 230 g/mol. The molecule has 4 rings (SSSR count). The maximum absolute atomic E-state index is 5.36. The first-order valence-electron chi connectivity index (χ1n) is 5.61. The number of H-pyrrole nitrogens is 1. The highest BCUT2D eigenvalue weighted by Gasteiger charge is 2.15.